The Morgan fingerprint density at radius 3 is 2.75 bits per heavy atom. The molecule has 5 nitrogen and oxygen atoms in total. The number of para-hydroxylation sites is 1. The molecule has 0 saturated heterocycles. The molecular formula is C15H18N2O3. The lowest BCUT2D eigenvalue weighted by Gasteiger charge is -2.41. The van der Waals surface area contributed by atoms with Crippen LogP contribution in [-0.2, 0) is 9.53 Å². The molecule has 2 aliphatic rings. The van der Waals surface area contributed by atoms with Crippen LogP contribution in [0.5, 0.6) is 0 Å². The third-order valence-electron chi connectivity index (χ3n) is 4.40. The van der Waals surface area contributed by atoms with Crippen LogP contribution in [0.1, 0.15) is 29.6 Å². The molecule has 1 N–H and O–H groups in total. The number of esters is 1. The number of amides is 1. The topological polar surface area (TPSA) is 58.6 Å². The van der Waals surface area contributed by atoms with E-state index in [1.807, 2.05) is 18.0 Å². The van der Waals surface area contributed by atoms with Gasteiger partial charge >= 0.3 is 5.97 Å². The van der Waals surface area contributed by atoms with Crippen molar-refractivity contribution >= 4 is 23.3 Å². The predicted octanol–water partition coefficient (Wildman–Crippen LogP) is 2.03. The number of nitrogens with zero attached hydrogens (tertiary/aromatic N) is 1. The van der Waals surface area contributed by atoms with E-state index in [9.17, 15) is 9.59 Å². The summed E-state index contributed by atoms with van der Waals surface area (Å²) in [5.41, 5.74) is 1.62. The highest BCUT2D eigenvalue weighted by atomic mass is 16.5. The normalized spacial score (nSPS) is 19.7. The van der Waals surface area contributed by atoms with E-state index in [4.69, 9.17) is 4.74 Å². The molecule has 0 bridgehead atoms. The fourth-order valence-electron chi connectivity index (χ4n) is 3.18. The largest absolute Gasteiger partial charge is 0.465 e. The minimum atomic E-state index is -0.382. The molecule has 1 aliphatic carbocycles. The average Bonchev–Trinajstić information content (AvgIpc) is 2.52. The zero-order chi connectivity index (χ0) is 14.3. The zero-order valence-corrected chi connectivity index (χ0v) is 11.7. The van der Waals surface area contributed by atoms with Crippen molar-refractivity contribution in [1.82, 2.24) is 0 Å². The highest BCUT2D eigenvalue weighted by molar-refractivity contribution is 6.06. The van der Waals surface area contributed by atoms with Crippen molar-refractivity contribution in [3.8, 4) is 0 Å². The van der Waals surface area contributed by atoms with Crippen molar-refractivity contribution in [2.45, 2.75) is 19.3 Å². The molecular weight excluding hydrogens is 256 g/mol. The molecule has 1 heterocycles. The Morgan fingerprint density at radius 2 is 2.15 bits per heavy atom. The lowest BCUT2D eigenvalue weighted by Crippen LogP contribution is -2.47. The third-order valence-corrected chi connectivity index (χ3v) is 4.40. The maximum atomic E-state index is 12.4. The first-order chi connectivity index (χ1) is 9.57. The molecule has 1 fully saturated rings. The van der Waals surface area contributed by atoms with Crippen molar-refractivity contribution < 1.29 is 14.3 Å². The molecule has 5 heteroatoms. The van der Waals surface area contributed by atoms with E-state index in [0.29, 0.717) is 17.8 Å². The highest BCUT2D eigenvalue weighted by Gasteiger charge is 2.47. The van der Waals surface area contributed by atoms with Gasteiger partial charge in [0.15, 0.2) is 0 Å². The van der Waals surface area contributed by atoms with Gasteiger partial charge in [0, 0.05) is 13.6 Å². The van der Waals surface area contributed by atoms with Gasteiger partial charge in [-0.25, -0.2) is 4.79 Å². The maximum Gasteiger partial charge on any atom is 0.340 e. The second-order valence-electron chi connectivity index (χ2n) is 5.64. The first kappa shape index (κ1) is 13.0. The fourth-order valence-corrected chi connectivity index (χ4v) is 3.18. The Hall–Kier alpha value is -2.04. The summed E-state index contributed by atoms with van der Waals surface area (Å²) in [6, 6.07) is 5.32. The lowest BCUT2D eigenvalue weighted by atomic mass is 9.68. The Labute approximate surface area is 117 Å². The van der Waals surface area contributed by atoms with Crippen LogP contribution in [0.25, 0.3) is 0 Å². The summed E-state index contributed by atoms with van der Waals surface area (Å²) < 4.78 is 4.83. The van der Waals surface area contributed by atoms with Gasteiger partial charge in [-0.15, -0.1) is 0 Å². The summed E-state index contributed by atoms with van der Waals surface area (Å²) in [5.74, 6) is -0.316. The van der Waals surface area contributed by atoms with Crippen molar-refractivity contribution in [3.05, 3.63) is 23.8 Å². The molecule has 0 radical (unpaired) electrons. The number of ether oxygens (including phenoxy) is 1. The molecule has 0 atom stereocenters. The quantitative estimate of drug-likeness (QED) is 0.796. The standard InChI is InChI=1S/C15H18N2O3/c1-17-9-15(7-4-8-15)14(19)16-11-6-3-5-10(12(11)17)13(18)20-2/h3,5-6H,4,7-9H2,1-2H3,(H,16,19). The number of hydrogen-bond acceptors (Lipinski definition) is 4. The monoisotopic (exact) mass is 274 g/mol. The number of carbonyl (C=O) groups excluding carboxylic acids is 2. The number of hydrogen-bond donors (Lipinski definition) is 1. The van der Waals surface area contributed by atoms with Gasteiger partial charge in [-0.1, -0.05) is 12.5 Å². The second kappa shape index (κ2) is 4.51. The molecule has 1 aromatic carbocycles. The highest BCUT2D eigenvalue weighted by Crippen LogP contribution is 2.46. The molecule has 1 spiro atoms. The van der Waals surface area contributed by atoms with Crippen LogP contribution in [0, 0.1) is 5.41 Å². The van der Waals surface area contributed by atoms with Crippen molar-refractivity contribution in [2.75, 3.05) is 30.9 Å². The number of methoxy groups -OCH3 is 1. The molecule has 106 valence electrons. The van der Waals surface area contributed by atoms with Crippen LogP contribution in [-0.4, -0.2) is 32.6 Å². The van der Waals surface area contributed by atoms with Gasteiger partial charge in [-0.2, -0.15) is 0 Å². The number of nitrogens with one attached hydrogen (secondary N) is 1. The van der Waals surface area contributed by atoms with Crippen LogP contribution in [0.15, 0.2) is 18.2 Å². The molecule has 1 amide bonds. The van der Waals surface area contributed by atoms with E-state index in [-0.39, 0.29) is 17.3 Å². The Bertz CT molecular complexity index is 578. The van der Waals surface area contributed by atoms with Gasteiger partial charge in [0.05, 0.1) is 29.5 Å². The number of anilines is 2. The van der Waals surface area contributed by atoms with Gasteiger partial charge in [-0.05, 0) is 25.0 Å². The van der Waals surface area contributed by atoms with Gasteiger partial charge in [0.1, 0.15) is 0 Å². The van der Waals surface area contributed by atoms with E-state index < -0.39 is 0 Å². The van der Waals surface area contributed by atoms with Gasteiger partial charge < -0.3 is 15.0 Å². The van der Waals surface area contributed by atoms with E-state index in [2.05, 4.69) is 5.32 Å². The first-order valence-electron chi connectivity index (χ1n) is 6.81. The minimum Gasteiger partial charge on any atom is -0.465 e. The summed E-state index contributed by atoms with van der Waals surface area (Å²) in [4.78, 5) is 26.3. The predicted molar refractivity (Wildman–Crippen MR) is 76.0 cm³/mol. The first-order valence-corrected chi connectivity index (χ1v) is 6.81. The Morgan fingerprint density at radius 1 is 1.40 bits per heavy atom. The second-order valence-corrected chi connectivity index (χ2v) is 5.64. The molecule has 1 aliphatic heterocycles. The third kappa shape index (κ3) is 1.77. The summed E-state index contributed by atoms with van der Waals surface area (Å²) in [6.07, 6.45) is 2.90. The zero-order valence-electron chi connectivity index (χ0n) is 11.7. The number of carbonyl (C=O) groups is 2. The number of benzene rings is 1. The Kier molecular flexibility index (Phi) is 2.92. The van der Waals surface area contributed by atoms with E-state index in [1.165, 1.54) is 7.11 Å². The molecule has 1 aromatic rings. The van der Waals surface area contributed by atoms with Gasteiger partial charge in [-0.3, -0.25) is 4.79 Å². The average molecular weight is 274 g/mol. The fraction of sp³-hybridized carbons (Fsp3) is 0.467. The maximum absolute atomic E-state index is 12.4. The van der Waals surface area contributed by atoms with Crippen molar-refractivity contribution in [1.29, 1.82) is 0 Å². The van der Waals surface area contributed by atoms with E-state index in [0.717, 1.165) is 24.9 Å². The molecule has 0 unspecified atom stereocenters. The molecule has 3 rings (SSSR count). The Balaban J connectivity index is 2.07. The summed E-state index contributed by atoms with van der Waals surface area (Å²) in [7, 11) is 3.29. The minimum absolute atomic E-state index is 0.0661. The number of rotatable bonds is 1. The SMILES string of the molecule is COC(=O)c1cccc2c1N(C)CC1(CCC1)C(=O)N2. The molecule has 1 saturated carbocycles. The molecule has 20 heavy (non-hydrogen) atoms. The van der Waals surface area contributed by atoms with E-state index >= 15 is 0 Å². The number of fused-ring (bicyclic) bond motifs is 1. The summed E-state index contributed by atoms with van der Waals surface area (Å²) in [5, 5.41) is 2.98. The van der Waals surface area contributed by atoms with Crippen LogP contribution in [0.2, 0.25) is 0 Å². The van der Waals surface area contributed by atoms with E-state index in [1.54, 1.807) is 12.1 Å². The van der Waals surface area contributed by atoms with Gasteiger partial charge in [0.25, 0.3) is 0 Å². The van der Waals surface area contributed by atoms with Crippen LogP contribution >= 0.6 is 0 Å². The van der Waals surface area contributed by atoms with Crippen molar-refractivity contribution in [3.63, 3.8) is 0 Å². The summed E-state index contributed by atoms with van der Waals surface area (Å²) >= 11 is 0. The molecule has 0 aromatic heterocycles. The van der Waals surface area contributed by atoms with Crippen LogP contribution < -0.4 is 10.2 Å². The lowest BCUT2D eigenvalue weighted by molar-refractivity contribution is -0.129. The smallest absolute Gasteiger partial charge is 0.340 e. The van der Waals surface area contributed by atoms with Crippen LogP contribution in [0.4, 0.5) is 11.4 Å². The van der Waals surface area contributed by atoms with Gasteiger partial charge in [0.2, 0.25) is 5.91 Å². The van der Waals surface area contributed by atoms with Crippen LogP contribution in [0.3, 0.4) is 0 Å². The van der Waals surface area contributed by atoms with Crippen molar-refractivity contribution in [2.24, 2.45) is 5.41 Å². The summed E-state index contributed by atoms with van der Waals surface area (Å²) in [6.45, 7) is 0.639.